The van der Waals surface area contributed by atoms with Crippen LogP contribution in [0.2, 0.25) is 0 Å². The second-order valence-corrected chi connectivity index (χ2v) is 7.20. The molecule has 8 heteroatoms. The molecule has 0 spiro atoms. The number of halogens is 2. The summed E-state index contributed by atoms with van der Waals surface area (Å²) in [5, 5.41) is 5.45. The van der Waals surface area contributed by atoms with Gasteiger partial charge in [0.2, 0.25) is 5.91 Å². The Labute approximate surface area is 121 Å². The van der Waals surface area contributed by atoms with Crippen LogP contribution in [0.3, 0.4) is 0 Å². The summed E-state index contributed by atoms with van der Waals surface area (Å²) in [6.45, 7) is 0.246. The van der Waals surface area contributed by atoms with Gasteiger partial charge in [-0.15, -0.1) is 0 Å². The Kier molecular flexibility index (Phi) is 4.76. The Hall–Kier alpha value is -1.70. The van der Waals surface area contributed by atoms with Gasteiger partial charge in [0, 0.05) is 24.7 Å². The van der Waals surface area contributed by atoms with E-state index in [9.17, 15) is 22.0 Å². The van der Waals surface area contributed by atoms with Crippen molar-refractivity contribution in [2.24, 2.45) is 0 Å². The highest BCUT2D eigenvalue weighted by Gasteiger charge is 2.28. The summed E-state index contributed by atoms with van der Waals surface area (Å²) in [6, 6.07) is 3.06. The minimum atomic E-state index is -3.02. The number of benzene rings is 1. The molecule has 0 saturated carbocycles. The van der Waals surface area contributed by atoms with E-state index < -0.39 is 21.5 Å². The van der Waals surface area contributed by atoms with Crippen LogP contribution in [0.15, 0.2) is 18.2 Å². The zero-order valence-corrected chi connectivity index (χ0v) is 12.1. The van der Waals surface area contributed by atoms with E-state index in [4.69, 9.17) is 0 Å². The van der Waals surface area contributed by atoms with Crippen LogP contribution >= 0.6 is 0 Å². The van der Waals surface area contributed by atoms with Crippen LogP contribution in [0.1, 0.15) is 12.8 Å². The SMILES string of the molecule is O=C(CCNc1ccc(F)c(F)c1)NC1CCS(=O)(=O)C1. The monoisotopic (exact) mass is 318 g/mol. The van der Waals surface area contributed by atoms with Crippen molar-refractivity contribution < 1.29 is 22.0 Å². The van der Waals surface area contributed by atoms with Gasteiger partial charge in [-0.3, -0.25) is 4.79 Å². The van der Waals surface area contributed by atoms with Crippen molar-refractivity contribution in [2.75, 3.05) is 23.4 Å². The van der Waals surface area contributed by atoms with Crippen LogP contribution < -0.4 is 10.6 Å². The van der Waals surface area contributed by atoms with Crippen LogP contribution in [-0.2, 0) is 14.6 Å². The average molecular weight is 318 g/mol. The Morgan fingerprint density at radius 3 is 2.67 bits per heavy atom. The van der Waals surface area contributed by atoms with Crippen LogP contribution in [0.4, 0.5) is 14.5 Å². The molecule has 116 valence electrons. The first-order valence-electron chi connectivity index (χ1n) is 6.54. The number of anilines is 1. The molecular weight excluding hydrogens is 302 g/mol. The molecule has 1 fully saturated rings. The smallest absolute Gasteiger partial charge is 0.222 e. The molecule has 0 aromatic heterocycles. The van der Waals surface area contributed by atoms with Gasteiger partial charge in [0.15, 0.2) is 21.5 Å². The molecule has 1 aliphatic heterocycles. The zero-order valence-electron chi connectivity index (χ0n) is 11.2. The highest BCUT2D eigenvalue weighted by Crippen LogP contribution is 2.13. The largest absolute Gasteiger partial charge is 0.384 e. The van der Waals surface area contributed by atoms with Gasteiger partial charge >= 0.3 is 0 Å². The standard InChI is InChI=1S/C13H16F2N2O3S/c14-11-2-1-9(7-12(11)15)16-5-3-13(18)17-10-4-6-21(19,20)8-10/h1-2,7,10,16H,3-6,8H2,(H,17,18). The molecule has 1 aromatic carbocycles. The third-order valence-corrected chi connectivity index (χ3v) is 4.97. The first-order valence-corrected chi connectivity index (χ1v) is 8.36. The molecule has 1 unspecified atom stereocenters. The van der Waals surface area contributed by atoms with Crippen LogP contribution in [0, 0.1) is 11.6 Å². The predicted octanol–water partition coefficient (Wildman–Crippen LogP) is 1.07. The van der Waals surface area contributed by atoms with Crippen molar-refractivity contribution in [3.05, 3.63) is 29.8 Å². The lowest BCUT2D eigenvalue weighted by molar-refractivity contribution is -0.121. The topological polar surface area (TPSA) is 75.3 Å². The van der Waals surface area contributed by atoms with Gasteiger partial charge in [0.25, 0.3) is 0 Å². The Morgan fingerprint density at radius 1 is 1.29 bits per heavy atom. The maximum atomic E-state index is 13.0. The van der Waals surface area contributed by atoms with E-state index in [1.54, 1.807) is 0 Å². The third-order valence-electron chi connectivity index (χ3n) is 3.20. The van der Waals surface area contributed by atoms with Gasteiger partial charge < -0.3 is 10.6 Å². The van der Waals surface area contributed by atoms with Crippen molar-refractivity contribution in [2.45, 2.75) is 18.9 Å². The lowest BCUT2D eigenvalue weighted by atomic mass is 10.2. The van der Waals surface area contributed by atoms with Crippen LogP contribution in [0.25, 0.3) is 0 Å². The summed E-state index contributed by atoms with van der Waals surface area (Å²) in [5.41, 5.74) is 0.380. The lowest BCUT2D eigenvalue weighted by Gasteiger charge is -2.11. The summed E-state index contributed by atoms with van der Waals surface area (Å²) in [4.78, 5) is 11.6. The first-order chi connectivity index (χ1) is 9.85. The third kappa shape index (κ3) is 4.66. The number of hydrogen-bond donors (Lipinski definition) is 2. The molecule has 1 aromatic rings. The van der Waals surface area contributed by atoms with E-state index in [1.165, 1.54) is 6.07 Å². The molecular formula is C13H16F2N2O3S. The summed E-state index contributed by atoms with van der Waals surface area (Å²) < 4.78 is 48.2. The molecule has 1 amide bonds. The molecule has 0 radical (unpaired) electrons. The van der Waals surface area contributed by atoms with Gasteiger partial charge in [-0.05, 0) is 24.6 Å². The fourth-order valence-electron chi connectivity index (χ4n) is 2.14. The van der Waals surface area contributed by atoms with Gasteiger partial charge in [0.05, 0.1) is 11.5 Å². The number of amides is 1. The van der Waals surface area contributed by atoms with E-state index in [1.807, 2.05) is 0 Å². The van der Waals surface area contributed by atoms with Gasteiger partial charge in [-0.1, -0.05) is 0 Å². The molecule has 21 heavy (non-hydrogen) atoms. The molecule has 1 heterocycles. The van der Waals surface area contributed by atoms with Crippen LogP contribution in [0.5, 0.6) is 0 Å². The first kappa shape index (κ1) is 15.7. The number of sulfone groups is 1. The minimum absolute atomic E-state index is 0.0185. The fourth-order valence-corrected chi connectivity index (χ4v) is 3.81. The molecule has 1 saturated heterocycles. The molecule has 0 aliphatic carbocycles. The quantitative estimate of drug-likeness (QED) is 0.851. The highest BCUT2D eigenvalue weighted by molar-refractivity contribution is 7.91. The number of nitrogens with one attached hydrogen (secondary N) is 2. The number of carbonyl (C=O) groups excluding carboxylic acids is 1. The van der Waals surface area contributed by atoms with Crippen LogP contribution in [-0.4, -0.2) is 38.4 Å². The minimum Gasteiger partial charge on any atom is -0.384 e. The number of rotatable bonds is 5. The summed E-state index contributed by atoms with van der Waals surface area (Å²) in [5.74, 6) is -2.08. The van der Waals surface area contributed by atoms with Gasteiger partial charge in [-0.2, -0.15) is 0 Å². The van der Waals surface area contributed by atoms with Crippen molar-refractivity contribution >= 4 is 21.4 Å². The zero-order chi connectivity index (χ0) is 15.5. The number of carbonyl (C=O) groups is 1. The van der Waals surface area contributed by atoms with Crippen molar-refractivity contribution in [1.29, 1.82) is 0 Å². The molecule has 0 bridgehead atoms. The van der Waals surface area contributed by atoms with Gasteiger partial charge in [-0.25, -0.2) is 17.2 Å². The molecule has 1 aliphatic rings. The summed E-state index contributed by atoms with van der Waals surface area (Å²) in [7, 11) is -3.02. The normalized spacial score (nSPS) is 20.2. The lowest BCUT2D eigenvalue weighted by Crippen LogP contribution is -2.36. The summed E-state index contributed by atoms with van der Waals surface area (Å²) >= 11 is 0. The van der Waals surface area contributed by atoms with E-state index in [0.717, 1.165) is 12.1 Å². The Balaban J connectivity index is 1.73. The fraction of sp³-hybridized carbons (Fsp3) is 0.462. The second-order valence-electron chi connectivity index (χ2n) is 4.97. The average Bonchev–Trinajstić information content (AvgIpc) is 2.73. The molecule has 2 N–H and O–H groups in total. The Morgan fingerprint density at radius 2 is 2.05 bits per heavy atom. The Bertz CT molecular complexity index is 634. The van der Waals surface area contributed by atoms with E-state index in [2.05, 4.69) is 10.6 Å². The molecule has 2 rings (SSSR count). The summed E-state index contributed by atoms with van der Waals surface area (Å²) in [6.07, 6.45) is 0.556. The molecule has 1 atom stereocenters. The van der Waals surface area contributed by atoms with Crippen molar-refractivity contribution in [3.63, 3.8) is 0 Å². The maximum Gasteiger partial charge on any atom is 0.222 e. The van der Waals surface area contributed by atoms with E-state index >= 15 is 0 Å². The van der Waals surface area contributed by atoms with E-state index in [-0.39, 0.29) is 36.4 Å². The number of hydrogen-bond acceptors (Lipinski definition) is 4. The second kappa shape index (κ2) is 6.38. The van der Waals surface area contributed by atoms with Crippen molar-refractivity contribution in [1.82, 2.24) is 5.32 Å². The highest BCUT2D eigenvalue weighted by atomic mass is 32.2. The molecule has 5 nitrogen and oxygen atoms in total. The van der Waals surface area contributed by atoms with Crippen molar-refractivity contribution in [3.8, 4) is 0 Å². The van der Waals surface area contributed by atoms with Gasteiger partial charge in [0.1, 0.15) is 0 Å². The predicted molar refractivity (Wildman–Crippen MR) is 74.7 cm³/mol. The maximum absolute atomic E-state index is 13.0. The van der Waals surface area contributed by atoms with E-state index in [0.29, 0.717) is 12.1 Å².